The lowest BCUT2D eigenvalue weighted by molar-refractivity contribution is -0.138. The van der Waals surface area contributed by atoms with Crippen molar-refractivity contribution in [3.05, 3.63) is 53.2 Å². The van der Waals surface area contributed by atoms with Crippen LogP contribution in [0.2, 0.25) is 0 Å². The number of aromatic nitrogens is 1. The van der Waals surface area contributed by atoms with Crippen molar-refractivity contribution in [1.82, 2.24) is 4.98 Å². The van der Waals surface area contributed by atoms with Crippen molar-refractivity contribution in [2.45, 2.75) is 39.7 Å². The predicted molar refractivity (Wildman–Crippen MR) is 80.4 cm³/mol. The second-order valence-corrected chi connectivity index (χ2v) is 5.39. The molecule has 0 radical (unpaired) electrons. The van der Waals surface area contributed by atoms with Crippen LogP contribution in [0.5, 0.6) is 11.6 Å². The lowest BCUT2D eigenvalue weighted by atomic mass is 10.2. The first-order chi connectivity index (χ1) is 10.8. The maximum absolute atomic E-state index is 12.7. The zero-order valence-electron chi connectivity index (χ0n) is 13.1. The Labute approximate surface area is 133 Å². The summed E-state index contributed by atoms with van der Waals surface area (Å²) in [6.07, 6.45) is -4.30. The molecule has 0 spiro atoms. The van der Waals surface area contributed by atoms with Gasteiger partial charge < -0.3 is 9.47 Å². The fourth-order valence-electron chi connectivity index (χ4n) is 1.98. The summed E-state index contributed by atoms with van der Waals surface area (Å²) in [4.78, 5) is 3.87. The van der Waals surface area contributed by atoms with Gasteiger partial charge in [0.05, 0.1) is 24.0 Å². The summed E-state index contributed by atoms with van der Waals surface area (Å²) in [6, 6.07) is 9.37. The van der Waals surface area contributed by atoms with E-state index in [9.17, 15) is 13.2 Å². The van der Waals surface area contributed by atoms with Gasteiger partial charge in [-0.1, -0.05) is 12.1 Å². The fourth-order valence-corrected chi connectivity index (χ4v) is 1.98. The summed E-state index contributed by atoms with van der Waals surface area (Å²) in [6.45, 7) is 5.63. The minimum atomic E-state index is -4.41. The van der Waals surface area contributed by atoms with Gasteiger partial charge in [-0.05, 0) is 44.5 Å². The highest BCUT2D eigenvalue weighted by Crippen LogP contribution is 2.32. The Bertz CT molecular complexity index is 669. The zero-order chi connectivity index (χ0) is 17.0. The molecule has 3 nitrogen and oxygen atoms in total. The molecule has 0 unspecified atom stereocenters. The normalized spacial score (nSPS) is 11.8. The van der Waals surface area contributed by atoms with Gasteiger partial charge in [0.2, 0.25) is 5.88 Å². The van der Waals surface area contributed by atoms with Crippen molar-refractivity contribution in [1.29, 1.82) is 0 Å². The Morgan fingerprint density at radius 2 is 1.87 bits per heavy atom. The van der Waals surface area contributed by atoms with Gasteiger partial charge >= 0.3 is 6.18 Å². The van der Waals surface area contributed by atoms with Crippen LogP contribution in [-0.4, -0.2) is 11.1 Å². The number of nitrogens with zero attached hydrogens (tertiary/aromatic N) is 1. The molecule has 1 heterocycles. The summed E-state index contributed by atoms with van der Waals surface area (Å²) in [5.74, 6) is 0.624. The number of pyridine rings is 1. The Kier molecular flexibility index (Phi) is 5.26. The number of aryl methyl sites for hydroxylation is 1. The van der Waals surface area contributed by atoms with E-state index in [1.165, 1.54) is 13.0 Å². The van der Waals surface area contributed by atoms with Crippen molar-refractivity contribution < 1.29 is 22.6 Å². The van der Waals surface area contributed by atoms with Gasteiger partial charge in [0.1, 0.15) is 5.75 Å². The molecule has 6 heteroatoms. The maximum atomic E-state index is 12.7. The molecule has 0 aliphatic carbocycles. The number of ether oxygens (including phenoxy) is 2. The van der Waals surface area contributed by atoms with Crippen LogP contribution in [0, 0.1) is 6.92 Å². The monoisotopic (exact) mass is 325 g/mol. The van der Waals surface area contributed by atoms with E-state index in [1.54, 1.807) is 18.2 Å². The largest absolute Gasteiger partial charge is 0.439 e. The van der Waals surface area contributed by atoms with E-state index in [1.807, 2.05) is 19.9 Å². The van der Waals surface area contributed by atoms with E-state index in [0.717, 1.165) is 11.6 Å². The van der Waals surface area contributed by atoms with Crippen LogP contribution < -0.4 is 4.74 Å². The Hall–Kier alpha value is -2.08. The molecule has 2 aromatic rings. The van der Waals surface area contributed by atoms with Crippen LogP contribution >= 0.6 is 0 Å². The molecule has 23 heavy (non-hydrogen) atoms. The second-order valence-electron chi connectivity index (χ2n) is 5.39. The van der Waals surface area contributed by atoms with Gasteiger partial charge in [-0.3, -0.25) is 0 Å². The van der Waals surface area contributed by atoms with Crippen LogP contribution in [0.25, 0.3) is 0 Å². The molecule has 1 aromatic heterocycles. The van der Waals surface area contributed by atoms with E-state index in [4.69, 9.17) is 9.47 Å². The van der Waals surface area contributed by atoms with Gasteiger partial charge in [-0.2, -0.15) is 13.2 Å². The average molecular weight is 325 g/mol. The highest BCUT2D eigenvalue weighted by Gasteiger charge is 2.33. The summed E-state index contributed by atoms with van der Waals surface area (Å²) in [7, 11) is 0. The van der Waals surface area contributed by atoms with Gasteiger partial charge in [0.15, 0.2) is 0 Å². The number of hydrogen-bond acceptors (Lipinski definition) is 3. The lowest BCUT2D eigenvalue weighted by Crippen LogP contribution is -2.08. The van der Waals surface area contributed by atoms with Crippen LogP contribution in [-0.2, 0) is 17.5 Å². The van der Waals surface area contributed by atoms with Crippen molar-refractivity contribution in [2.24, 2.45) is 0 Å². The van der Waals surface area contributed by atoms with Crippen molar-refractivity contribution in [3.8, 4) is 11.6 Å². The van der Waals surface area contributed by atoms with Gasteiger partial charge in [-0.25, -0.2) is 4.98 Å². The van der Waals surface area contributed by atoms with Crippen LogP contribution in [0.3, 0.4) is 0 Å². The summed E-state index contributed by atoms with van der Waals surface area (Å²) in [5, 5.41) is 0. The van der Waals surface area contributed by atoms with E-state index in [-0.39, 0.29) is 17.7 Å². The molecule has 2 rings (SSSR count). The van der Waals surface area contributed by atoms with Gasteiger partial charge in [-0.15, -0.1) is 0 Å². The molecule has 0 aliphatic rings. The quantitative estimate of drug-likeness (QED) is 0.764. The molecule has 0 atom stereocenters. The number of hydrogen-bond donors (Lipinski definition) is 0. The van der Waals surface area contributed by atoms with Crippen LogP contribution in [0.4, 0.5) is 13.2 Å². The molecular formula is C17H18F3NO2. The summed E-state index contributed by atoms with van der Waals surface area (Å²) < 4.78 is 49.2. The van der Waals surface area contributed by atoms with Gasteiger partial charge in [0.25, 0.3) is 0 Å². The van der Waals surface area contributed by atoms with Crippen LogP contribution in [0.1, 0.15) is 30.7 Å². The predicted octanol–water partition coefficient (Wildman–Crippen LogP) is 5.13. The smallest absolute Gasteiger partial charge is 0.418 e. The molecule has 0 fully saturated rings. The number of benzene rings is 1. The molecular weight excluding hydrogens is 307 g/mol. The second kappa shape index (κ2) is 7.00. The standard InChI is InChI=1S/C17H18F3NO2/c1-11(2)22-10-13-5-4-6-14(9-13)23-16-8-7-15(12(3)21-16)17(18,19)20/h4-9,11H,10H2,1-3H3. The van der Waals surface area contributed by atoms with Crippen LogP contribution in [0.15, 0.2) is 36.4 Å². The molecule has 0 saturated heterocycles. The molecule has 0 amide bonds. The topological polar surface area (TPSA) is 31.4 Å². The average Bonchev–Trinajstić information content (AvgIpc) is 2.44. The number of halogens is 3. The summed E-state index contributed by atoms with van der Waals surface area (Å²) >= 11 is 0. The highest BCUT2D eigenvalue weighted by atomic mass is 19.4. The lowest BCUT2D eigenvalue weighted by Gasteiger charge is -2.12. The van der Waals surface area contributed by atoms with E-state index < -0.39 is 11.7 Å². The maximum Gasteiger partial charge on any atom is 0.418 e. The third kappa shape index (κ3) is 4.96. The SMILES string of the molecule is Cc1nc(Oc2cccc(COC(C)C)c2)ccc1C(F)(F)F. The molecule has 0 aliphatic heterocycles. The Balaban J connectivity index is 2.13. The van der Waals surface area contributed by atoms with Gasteiger partial charge in [0, 0.05) is 6.07 Å². The zero-order valence-corrected chi connectivity index (χ0v) is 13.1. The molecule has 0 bridgehead atoms. The molecule has 0 N–H and O–H groups in total. The third-order valence-electron chi connectivity index (χ3n) is 3.07. The highest BCUT2D eigenvalue weighted by molar-refractivity contribution is 5.33. The van der Waals surface area contributed by atoms with Crippen molar-refractivity contribution in [2.75, 3.05) is 0 Å². The van der Waals surface area contributed by atoms with E-state index in [0.29, 0.717) is 12.4 Å². The number of alkyl halides is 3. The first-order valence-electron chi connectivity index (χ1n) is 7.19. The minimum Gasteiger partial charge on any atom is -0.439 e. The first kappa shape index (κ1) is 17.3. The first-order valence-corrected chi connectivity index (χ1v) is 7.19. The van der Waals surface area contributed by atoms with Crippen molar-refractivity contribution in [3.63, 3.8) is 0 Å². The minimum absolute atomic E-state index is 0.110. The number of rotatable bonds is 5. The van der Waals surface area contributed by atoms with E-state index in [2.05, 4.69) is 4.98 Å². The Morgan fingerprint density at radius 1 is 1.13 bits per heavy atom. The summed E-state index contributed by atoms with van der Waals surface area (Å²) in [5.41, 5.74) is 0.0399. The Morgan fingerprint density at radius 3 is 2.48 bits per heavy atom. The van der Waals surface area contributed by atoms with Crippen molar-refractivity contribution >= 4 is 0 Å². The molecule has 0 saturated carbocycles. The molecule has 1 aromatic carbocycles. The fraction of sp³-hybridized carbons (Fsp3) is 0.353. The third-order valence-corrected chi connectivity index (χ3v) is 3.07. The van der Waals surface area contributed by atoms with E-state index >= 15 is 0 Å². The molecule has 124 valence electrons.